The molecule has 0 amide bonds. The minimum Gasteiger partial charge on any atom is -0.392 e. The number of aliphatic hydroxyl groups is 1. The molecule has 0 aromatic carbocycles. The number of nitrogens with two attached hydrogens (primary N) is 1. The molecule has 1 unspecified atom stereocenters. The summed E-state index contributed by atoms with van der Waals surface area (Å²) in [4.78, 5) is 10.3. The van der Waals surface area contributed by atoms with Crippen molar-refractivity contribution in [2.45, 2.75) is 26.9 Å². The van der Waals surface area contributed by atoms with Gasteiger partial charge in [-0.1, -0.05) is 0 Å². The first-order chi connectivity index (χ1) is 6.91. The Hall–Kier alpha value is -1.36. The topological polar surface area (TPSA) is 75.3 Å². The zero-order valence-electron chi connectivity index (χ0n) is 9.65. The van der Waals surface area contributed by atoms with E-state index in [1.807, 2.05) is 18.9 Å². The maximum absolute atomic E-state index is 9.30. The van der Waals surface area contributed by atoms with Crippen molar-refractivity contribution >= 4 is 11.6 Å². The van der Waals surface area contributed by atoms with Crippen molar-refractivity contribution in [2.24, 2.45) is 0 Å². The Morgan fingerprint density at radius 3 is 2.53 bits per heavy atom. The number of nitrogen functional groups attached to an aromatic ring is 1. The summed E-state index contributed by atoms with van der Waals surface area (Å²) in [5.41, 5.74) is 6.60. The summed E-state index contributed by atoms with van der Waals surface area (Å²) < 4.78 is 0. The van der Waals surface area contributed by atoms with Crippen LogP contribution in [0.5, 0.6) is 0 Å². The normalized spacial score (nSPS) is 12.6. The number of aromatic nitrogens is 2. The summed E-state index contributed by atoms with van der Waals surface area (Å²) >= 11 is 0. The fraction of sp³-hybridized carbons (Fsp3) is 0.600. The van der Waals surface area contributed by atoms with Gasteiger partial charge in [-0.05, 0) is 20.8 Å². The van der Waals surface area contributed by atoms with Gasteiger partial charge in [0.15, 0.2) is 0 Å². The van der Waals surface area contributed by atoms with Crippen LogP contribution in [0.2, 0.25) is 0 Å². The van der Waals surface area contributed by atoms with Crippen LogP contribution in [0.4, 0.5) is 11.6 Å². The van der Waals surface area contributed by atoms with Crippen molar-refractivity contribution < 1.29 is 5.11 Å². The van der Waals surface area contributed by atoms with Crippen LogP contribution < -0.4 is 10.6 Å². The maximum atomic E-state index is 9.30. The van der Waals surface area contributed by atoms with E-state index in [2.05, 4.69) is 9.97 Å². The largest absolute Gasteiger partial charge is 0.392 e. The van der Waals surface area contributed by atoms with E-state index in [0.717, 1.165) is 11.4 Å². The lowest BCUT2D eigenvalue weighted by Gasteiger charge is -2.22. The van der Waals surface area contributed by atoms with Gasteiger partial charge in [-0.15, -0.1) is 0 Å². The van der Waals surface area contributed by atoms with Gasteiger partial charge in [-0.25, -0.2) is 9.97 Å². The van der Waals surface area contributed by atoms with Crippen LogP contribution in [-0.4, -0.2) is 34.8 Å². The van der Waals surface area contributed by atoms with E-state index in [1.54, 1.807) is 13.8 Å². The number of hydrogen-bond acceptors (Lipinski definition) is 5. The maximum Gasteiger partial charge on any atom is 0.137 e. The SMILES string of the molecule is Cc1nc(N)c(C)c(N(C)CC(C)O)n1. The van der Waals surface area contributed by atoms with Crippen molar-refractivity contribution in [2.75, 3.05) is 24.2 Å². The molecule has 0 aliphatic carbocycles. The van der Waals surface area contributed by atoms with Crippen molar-refractivity contribution in [3.05, 3.63) is 11.4 Å². The molecule has 1 aromatic heterocycles. The van der Waals surface area contributed by atoms with Crippen LogP contribution in [0, 0.1) is 13.8 Å². The Morgan fingerprint density at radius 1 is 1.40 bits per heavy atom. The van der Waals surface area contributed by atoms with Gasteiger partial charge in [0, 0.05) is 19.2 Å². The fourth-order valence-corrected chi connectivity index (χ4v) is 1.49. The molecule has 0 aliphatic heterocycles. The molecule has 15 heavy (non-hydrogen) atoms. The first-order valence-electron chi connectivity index (χ1n) is 4.91. The minimum absolute atomic E-state index is 0.397. The Balaban J connectivity index is 3.02. The second kappa shape index (κ2) is 4.44. The Labute approximate surface area is 90.0 Å². The summed E-state index contributed by atoms with van der Waals surface area (Å²) in [6.07, 6.45) is -0.397. The highest BCUT2D eigenvalue weighted by molar-refractivity contribution is 5.56. The van der Waals surface area contributed by atoms with Gasteiger partial charge in [-0.2, -0.15) is 0 Å². The van der Waals surface area contributed by atoms with E-state index in [9.17, 15) is 5.11 Å². The van der Waals surface area contributed by atoms with Crippen LogP contribution in [0.3, 0.4) is 0 Å². The molecule has 0 saturated heterocycles. The zero-order chi connectivity index (χ0) is 11.6. The van der Waals surface area contributed by atoms with Crippen molar-refractivity contribution in [1.82, 2.24) is 9.97 Å². The van der Waals surface area contributed by atoms with Gasteiger partial charge in [0.25, 0.3) is 0 Å². The smallest absolute Gasteiger partial charge is 0.137 e. The van der Waals surface area contributed by atoms with E-state index in [4.69, 9.17) is 5.73 Å². The predicted octanol–water partition coefficient (Wildman–Crippen LogP) is 0.493. The standard InChI is InChI=1S/C10H18N4O/c1-6(15)5-14(4)10-7(2)9(11)12-8(3)13-10/h6,15H,5H2,1-4H3,(H2,11,12,13). The van der Waals surface area contributed by atoms with Crippen LogP contribution in [-0.2, 0) is 0 Å². The number of anilines is 2. The van der Waals surface area contributed by atoms with E-state index in [-0.39, 0.29) is 0 Å². The number of likely N-dealkylation sites (N-methyl/N-ethyl adjacent to an activating group) is 1. The van der Waals surface area contributed by atoms with Crippen LogP contribution in [0.15, 0.2) is 0 Å². The second-order valence-corrected chi connectivity index (χ2v) is 3.83. The third-order valence-electron chi connectivity index (χ3n) is 2.17. The second-order valence-electron chi connectivity index (χ2n) is 3.83. The quantitative estimate of drug-likeness (QED) is 0.759. The Morgan fingerprint density at radius 2 is 2.00 bits per heavy atom. The molecule has 0 radical (unpaired) electrons. The molecule has 5 heteroatoms. The first kappa shape index (κ1) is 11.7. The number of aryl methyl sites for hydroxylation is 1. The highest BCUT2D eigenvalue weighted by Gasteiger charge is 2.12. The van der Waals surface area contributed by atoms with E-state index < -0.39 is 6.10 Å². The molecule has 84 valence electrons. The Bertz CT molecular complexity index is 352. The van der Waals surface area contributed by atoms with Gasteiger partial charge in [0.2, 0.25) is 0 Å². The summed E-state index contributed by atoms with van der Waals surface area (Å²) in [7, 11) is 1.88. The lowest BCUT2D eigenvalue weighted by atomic mass is 10.2. The molecule has 1 atom stereocenters. The summed E-state index contributed by atoms with van der Waals surface area (Å²) in [5.74, 6) is 1.92. The summed E-state index contributed by atoms with van der Waals surface area (Å²) in [6.45, 7) is 5.94. The van der Waals surface area contributed by atoms with Gasteiger partial charge in [0.05, 0.1) is 6.10 Å². The molecule has 0 saturated carbocycles. The third-order valence-corrected chi connectivity index (χ3v) is 2.17. The van der Waals surface area contributed by atoms with Crippen LogP contribution in [0.1, 0.15) is 18.3 Å². The first-order valence-corrected chi connectivity index (χ1v) is 4.91. The number of rotatable bonds is 3. The summed E-state index contributed by atoms with van der Waals surface area (Å²) in [6, 6.07) is 0. The molecule has 1 aromatic rings. The highest BCUT2D eigenvalue weighted by atomic mass is 16.3. The zero-order valence-corrected chi connectivity index (χ0v) is 9.65. The van der Waals surface area contributed by atoms with Crippen molar-refractivity contribution in [3.63, 3.8) is 0 Å². The van der Waals surface area contributed by atoms with Gasteiger partial charge in [-0.3, -0.25) is 0 Å². The number of hydrogen-bond donors (Lipinski definition) is 2. The molecule has 1 rings (SSSR count). The third kappa shape index (κ3) is 2.79. The highest BCUT2D eigenvalue weighted by Crippen LogP contribution is 2.20. The van der Waals surface area contributed by atoms with E-state index in [1.165, 1.54) is 0 Å². The molecule has 5 nitrogen and oxygen atoms in total. The fourth-order valence-electron chi connectivity index (χ4n) is 1.49. The van der Waals surface area contributed by atoms with Crippen LogP contribution >= 0.6 is 0 Å². The molecule has 3 N–H and O–H groups in total. The van der Waals surface area contributed by atoms with Gasteiger partial charge < -0.3 is 15.7 Å². The molecule has 0 aliphatic rings. The van der Waals surface area contributed by atoms with E-state index in [0.29, 0.717) is 18.2 Å². The number of nitrogens with zero attached hydrogens (tertiary/aromatic N) is 3. The average molecular weight is 210 g/mol. The molecular formula is C10H18N4O. The number of aliphatic hydroxyl groups excluding tert-OH is 1. The Kier molecular flexibility index (Phi) is 3.47. The molecule has 0 fully saturated rings. The van der Waals surface area contributed by atoms with Crippen molar-refractivity contribution in [3.8, 4) is 0 Å². The predicted molar refractivity (Wildman–Crippen MR) is 60.9 cm³/mol. The summed E-state index contributed by atoms with van der Waals surface area (Å²) in [5, 5.41) is 9.30. The minimum atomic E-state index is -0.397. The molecule has 0 bridgehead atoms. The van der Waals surface area contributed by atoms with E-state index >= 15 is 0 Å². The lowest BCUT2D eigenvalue weighted by Crippen LogP contribution is -2.28. The lowest BCUT2D eigenvalue weighted by molar-refractivity contribution is 0.201. The van der Waals surface area contributed by atoms with Crippen LogP contribution in [0.25, 0.3) is 0 Å². The van der Waals surface area contributed by atoms with Crippen molar-refractivity contribution in [1.29, 1.82) is 0 Å². The molecule has 1 heterocycles. The van der Waals surface area contributed by atoms with Gasteiger partial charge in [0.1, 0.15) is 17.5 Å². The molecular weight excluding hydrogens is 192 g/mol. The average Bonchev–Trinajstić information content (AvgIpc) is 2.09. The van der Waals surface area contributed by atoms with Gasteiger partial charge >= 0.3 is 0 Å². The molecule has 0 spiro atoms. The monoisotopic (exact) mass is 210 g/mol.